The minimum absolute atomic E-state index is 0.0135. The summed E-state index contributed by atoms with van der Waals surface area (Å²) >= 11 is 1.41. The lowest BCUT2D eigenvalue weighted by Crippen LogP contribution is -2.30. The molecule has 1 aromatic heterocycles. The zero-order chi connectivity index (χ0) is 36.5. The molecule has 0 bridgehead atoms. The smallest absolute Gasteiger partial charge is 0.272 e. The Bertz CT molecular complexity index is 2210. The average molecular weight is 708 g/mol. The number of benzene rings is 5. The first kappa shape index (κ1) is 35.5. The van der Waals surface area contributed by atoms with Gasteiger partial charge in [0.05, 0.1) is 12.7 Å². The van der Waals surface area contributed by atoms with Gasteiger partial charge in [-0.25, -0.2) is 0 Å². The molecule has 0 radical (unpaired) electrons. The minimum Gasteiger partial charge on any atom is -0.496 e. The monoisotopic (exact) mass is 707 g/mol. The highest BCUT2D eigenvalue weighted by molar-refractivity contribution is 8.00. The fourth-order valence-corrected chi connectivity index (χ4v) is 6.54. The Morgan fingerprint density at radius 1 is 0.750 bits per heavy atom. The molecule has 5 aromatic carbocycles. The number of methoxy groups -OCH3 is 1. The Labute approximate surface area is 306 Å². The maximum atomic E-state index is 13.7. The number of hydrogen-bond donors (Lipinski definition) is 3. The van der Waals surface area contributed by atoms with Gasteiger partial charge in [0.25, 0.3) is 11.8 Å². The quantitative estimate of drug-likeness (QED) is 0.0864. The molecule has 3 amide bonds. The third-order valence-electron chi connectivity index (χ3n) is 8.16. The normalized spacial score (nSPS) is 11.7. The summed E-state index contributed by atoms with van der Waals surface area (Å²) in [7, 11) is 1.58. The molecule has 6 aromatic rings. The molecule has 9 heteroatoms. The van der Waals surface area contributed by atoms with Crippen molar-refractivity contribution in [2.24, 2.45) is 0 Å². The molecule has 0 saturated carbocycles. The predicted molar refractivity (Wildman–Crippen MR) is 207 cm³/mol. The Balaban J connectivity index is 1.21. The van der Waals surface area contributed by atoms with Gasteiger partial charge >= 0.3 is 0 Å². The van der Waals surface area contributed by atoms with E-state index in [9.17, 15) is 14.4 Å². The second-order valence-corrected chi connectivity index (χ2v) is 13.2. The fraction of sp³-hybridized carbons (Fsp3) is 0.0930. The molecule has 0 spiro atoms. The molecule has 1 atom stereocenters. The zero-order valence-electron chi connectivity index (χ0n) is 28.9. The molecule has 3 N–H and O–H groups in total. The average Bonchev–Trinajstić information content (AvgIpc) is 3.64. The molecule has 8 nitrogen and oxygen atoms in total. The molecule has 52 heavy (non-hydrogen) atoms. The number of hydrogen-bond acceptors (Lipinski definition) is 6. The number of anilines is 2. The van der Waals surface area contributed by atoms with E-state index in [2.05, 4.69) is 16.0 Å². The van der Waals surface area contributed by atoms with E-state index in [1.165, 1.54) is 17.8 Å². The summed E-state index contributed by atoms with van der Waals surface area (Å²) in [6.45, 7) is 3.99. The van der Waals surface area contributed by atoms with Gasteiger partial charge in [-0.05, 0) is 91.7 Å². The molecule has 0 aliphatic rings. The lowest BCUT2D eigenvalue weighted by molar-refractivity contribution is -0.116. The largest absolute Gasteiger partial charge is 0.496 e. The van der Waals surface area contributed by atoms with Crippen LogP contribution in [0.4, 0.5) is 11.4 Å². The van der Waals surface area contributed by atoms with Gasteiger partial charge in [0.15, 0.2) is 0 Å². The van der Waals surface area contributed by atoms with E-state index >= 15 is 0 Å². The van der Waals surface area contributed by atoms with Crippen LogP contribution in [0.5, 0.6) is 5.75 Å². The third-order valence-corrected chi connectivity index (χ3v) is 9.43. The van der Waals surface area contributed by atoms with Crippen LogP contribution >= 0.6 is 11.8 Å². The lowest BCUT2D eigenvalue weighted by atomic mass is 10.1. The van der Waals surface area contributed by atoms with E-state index in [0.717, 1.165) is 32.8 Å². The van der Waals surface area contributed by atoms with E-state index in [0.29, 0.717) is 28.5 Å². The van der Waals surface area contributed by atoms with Crippen LogP contribution in [-0.2, 0) is 9.59 Å². The first-order valence-corrected chi connectivity index (χ1v) is 17.5. The van der Waals surface area contributed by atoms with Crippen LogP contribution in [0.2, 0.25) is 0 Å². The second kappa shape index (κ2) is 16.6. The third kappa shape index (κ3) is 8.88. The molecule has 0 unspecified atom stereocenters. The SMILES string of the molecule is COc1ccccc1-c1ccc(/C=C(/NC(=O)c2ccccc2)C(=O)Nc2ccc(S[C@@H](C(=O)Nc3ccc(C)cc3C)c3ccccc3)cc2)o1. The number of furan rings is 1. The summed E-state index contributed by atoms with van der Waals surface area (Å²) in [4.78, 5) is 41.4. The van der Waals surface area contributed by atoms with Crippen molar-refractivity contribution in [2.75, 3.05) is 17.7 Å². The second-order valence-electron chi connectivity index (χ2n) is 12.0. The first-order chi connectivity index (χ1) is 25.3. The summed E-state index contributed by atoms with van der Waals surface area (Å²) in [6, 6.07) is 42.3. The predicted octanol–water partition coefficient (Wildman–Crippen LogP) is 9.45. The molecule has 6 rings (SSSR count). The van der Waals surface area contributed by atoms with Gasteiger partial charge in [-0.15, -0.1) is 11.8 Å². The number of carbonyl (C=O) groups is 3. The van der Waals surface area contributed by atoms with E-state index in [4.69, 9.17) is 9.15 Å². The molecule has 0 fully saturated rings. The van der Waals surface area contributed by atoms with Gasteiger partial charge in [-0.2, -0.15) is 0 Å². The number of para-hydroxylation sites is 1. The maximum Gasteiger partial charge on any atom is 0.272 e. The van der Waals surface area contributed by atoms with Gasteiger partial charge in [0.1, 0.15) is 28.2 Å². The summed E-state index contributed by atoms with van der Waals surface area (Å²) in [6.07, 6.45) is 1.48. The molecule has 0 aliphatic carbocycles. The van der Waals surface area contributed by atoms with E-state index in [1.807, 2.05) is 105 Å². The van der Waals surface area contributed by atoms with Crippen molar-refractivity contribution in [1.82, 2.24) is 5.32 Å². The van der Waals surface area contributed by atoms with Gasteiger partial charge in [-0.3, -0.25) is 14.4 Å². The number of carbonyl (C=O) groups excluding carboxylic acids is 3. The standard InChI is InChI=1S/C43H37N3O5S/c1-28-18-24-36(29(2)26-28)45-43(49)40(30-12-6-4-7-13-30)52-34-22-19-32(20-23-34)44-42(48)37(46-41(47)31-14-8-5-9-15-31)27-33-21-25-39(51-33)35-16-10-11-17-38(35)50-3/h4-27,40H,1-3H3,(H,44,48)(H,45,49)(H,46,47)/b37-27+/t40-/m1/s1. The summed E-state index contributed by atoms with van der Waals surface area (Å²) < 4.78 is 11.5. The zero-order valence-corrected chi connectivity index (χ0v) is 29.7. The van der Waals surface area contributed by atoms with Crippen molar-refractivity contribution in [3.05, 3.63) is 173 Å². The Morgan fingerprint density at radius 3 is 2.15 bits per heavy atom. The highest BCUT2D eigenvalue weighted by atomic mass is 32.2. The van der Waals surface area contributed by atoms with Crippen LogP contribution in [0, 0.1) is 13.8 Å². The maximum absolute atomic E-state index is 13.7. The van der Waals surface area contributed by atoms with Crippen molar-refractivity contribution in [3.63, 3.8) is 0 Å². The van der Waals surface area contributed by atoms with Crippen LogP contribution in [0.3, 0.4) is 0 Å². The van der Waals surface area contributed by atoms with Crippen molar-refractivity contribution >= 4 is 46.9 Å². The van der Waals surface area contributed by atoms with Crippen molar-refractivity contribution in [2.45, 2.75) is 24.0 Å². The van der Waals surface area contributed by atoms with Crippen molar-refractivity contribution in [1.29, 1.82) is 0 Å². The molecule has 0 saturated heterocycles. The van der Waals surface area contributed by atoms with Crippen LogP contribution < -0.4 is 20.7 Å². The van der Waals surface area contributed by atoms with Crippen LogP contribution in [-0.4, -0.2) is 24.8 Å². The number of aryl methyl sites for hydroxylation is 2. The van der Waals surface area contributed by atoms with Gasteiger partial charge < -0.3 is 25.1 Å². The summed E-state index contributed by atoms with van der Waals surface area (Å²) in [5, 5.41) is 8.20. The van der Waals surface area contributed by atoms with Gasteiger partial charge in [-0.1, -0.05) is 78.4 Å². The molecule has 260 valence electrons. The minimum atomic E-state index is -0.546. The number of amides is 3. The van der Waals surface area contributed by atoms with Crippen LogP contribution in [0.15, 0.2) is 155 Å². The van der Waals surface area contributed by atoms with Crippen LogP contribution in [0.25, 0.3) is 17.4 Å². The van der Waals surface area contributed by atoms with Gasteiger partial charge in [0.2, 0.25) is 5.91 Å². The van der Waals surface area contributed by atoms with E-state index in [1.54, 1.807) is 55.6 Å². The topological polar surface area (TPSA) is 110 Å². The Kier molecular flexibility index (Phi) is 11.3. The Hall–Kier alpha value is -6.32. The molecule has 1 heterocycles. The van der Waals surface area contributed by atoms with Crippen LogP contribution in [0.1, 0.15) is 38.1 Å². The highest BCUT2D eigenvalue weighted by Gasteiger charge is 2.23. The molecular weight excluding hydrogens is 671 g/mol. The fourth-order valence-electron chi connectivity index (χ4n) is 5.51. The van der Waals surface area contributed by atoms with Crippen molar-refractivity contribution < 1.29 is 23.5 Å². The number of nitrogens with one attached hydrogen (secondary N) is 3. The van der Waals surface area contributed by atoms with Crippen molar-refractivity contribution in [3.8, 4) is 17.1 Å². The van der Waals surface area contributed by atoms with Gasteiger partial charge in [0, 0.05) is 27.9 Å². The summed E-state index contributed by atoms with van der Waals surface area (Å²) in [5.74, 6) is 0.406. The molecule has 0 aliphatic heterocycles. The first-order valence-electron chi connectivity index (χ1n) is 16.6. The Morgan fingerprint density at radius 2 is 1.44 bits per heavy atom. The highest BCUT2D eigenvalue weighted by Crippen LogP contribution is 2.37. The number of thioether (sulfide) groups is 1. The lowest BCUT2D eigenvalue weighted by Gasteiger charge is -2.18. The number of ether oxygens (including phenoxy) is 1. The van der Waals surface area contributed by atoms with E-state index in [-0.39, 0.29) is 11.6 Å². The summed E-state index contributed by atoms with van der Waals surface area (Å²) in [5.41, 5.74) is 5.37. The van der Waals surface area contributed by atoms with E-state index < -0.39 is 17.1 Å². The number of rotatable bonds is 12. The molecular formula is C43H37N3O5S.